The van der Waals surface area contributed by atoms with Gasteiger partial charge >= 0.3 is 6.09 Å². The van der Waals surface area contributed by atoms with Crippen molar-refractivity contribution in [2.24, 2.45) is 0 Å². The van der Waals surface area contributed by atoms with E-state index in [2.05, 4.69) is 10.1 Å². The Balaban J connectivity index is 1.40. The lowest BCUT2D eigenvalue weighted by Crippen LogP contribution is -2.38. The van der Waals surface area contributed by atoms with Crippen molar-refractivity contribution >= 4 is 29.0 Å². The highest BCUT2D eigenvalue weighted by molar-refractivity contribution is 6.34. The number of halogens is 2. The molecule has 39 heavy (non-hydrogen) atoms. The molecule has 204 valence electrons. The van der Waals surface area contributed by atoms with E-state index in [0.29, 0.717) is 42.3 Å². The van der Waals surface area contributed by atoms with E-state index in [0.717, 1.165) is 28.7 Å². The quantitative estimate of drug-likeness (QED) is 0.328. The van der Waals surface area contributed by atoms with Crippen LogP contribution in [0.1, 0.15) is 42.5 Å². The maximum Gasteiger partial charge on any atom is 0.410 e. The van der Waals surface area contributed by atoms with Gasteiger partial charge in [0.25, 0.3) is 0 Å². The van der Waals surface area contributed by atoms with Crippen LogP contribution in [0, 0.1) is 12.7 Å². The van der Waals surface area contributed by atoms with Crippen molar-refractivity contribution in [1.29, 1.82) is 0 Å². The van der Waals surface area contributed by atoms with Crippen molar-refractivity contribution < 1.29 is 23.5 Å². The minimum absolute atomic E-state index is 0.0947. The molecule has 1 aliphatic heterocycles. The molecule has 4 aromatic rings. The lowest BCUT2D eigenvalue weighted by Gasteiger charge is -2.26. The molecule has 0 aliphatic carbocycles. The summed E-state index contributed by atoms with van der Waals surface area (Å²) in [5, 5.41) is 9.53. The molecule has 0 N–H and O–H groups in total. The van der Waals surface area contributed by atoms with Gasteiger partial charge in [0.2, 0.25) is 5.78 Å². The summed E-state index contributed by atoms with van der Waals surface area (Å²) in [6, 6.07) is 4.26. The fourth-order valence-electron chi connectivity index (χ4n) is 4.49. The van der Waals surface area contributed by atoms with E-state index in [1.54, 1.807) is 21.7 Å². The summed E-state index contributed by atoms with van der Waals surface area (Å²) in [6.45, 7) is 8.73. The highest BCUT2D eigenvalue weighted by Gasteiger charge is 2.27. The van der Waals surface area contributed by atoms with Crippen LogP contribution in [0.25, 0.3) is 16.8 Å². The molecule has 1 amide bonds. The lowest BCUT2D eigenvalue weighted by molar-refractivity contribution is 0.0253. The third-order valence-electron chi connectivity index (χ3n) is 6.35. The minimum Gasteiger partial charge on any atom is -0.483 e. The Hall–Kier alpha value is -3.99. The summed E-state index contributed by atoms with van der Waals surface area (Å²) in [5.74, 6) is -0.586. The summed E-state index contributed by atoms with van der Waals surface area (Å²) in [4.78, 5) is 30.7. The number of hydrogen-bond donors (Lipinski definition) is 0. The number of rotatable bonds is 5. The number of Topliss-reactive ketones (excluding diaryl/α,β-unsaturated/α-hetero) is 1. The SMILES string of the molecule is Cc1c(-c2cc(OCC(=O)c3ccc(F)cn3)c3c(Cl)cnn3c2)nn2c1CCN(C(=O)OC(C)(C)C)CC2. The summed E-state index contributed by atoms with van der Waals surface area (Å²) in [6.07, 6.45) is 4.57. The number of ketones is 1. The van der Waals surface area contributed by atoms with Crippen molar-refractivity contribution in [3.05, 3.63) is 64.6 Å². The molecule has 5 heterocycles. The van der Waals surface area contributed by atoms with E-state index in [9.17, 15) is 14.0 Å². The summed E-state index contributed by atoms with van der Waals surface area (Å²) in [5.41, 5.74) is 3.50. The van der Waals surface area contributed by atoms with E-state index in [1.165, 1.54) is 18.3 Å². The zero-order valence-corrected chi connectivity index (χ0v) is 22.8. The van der Waals surface area contributed by atoms with Gasteiger partial charge < -0.3 is 14.4 Å². The second kappa shape index (κ2) is 10.3. The van der Waals surface area contributed by atoms with Gasteiger partial charge in [0.1, 0.15) is 28.4 Å². The van der Waals surface area contributed by atoms with Crippen LogP contribution in [-0.2, 0) is 17.7 Å². The second-order valence-electron chi connectivity index (χ2n) is 10.3. The molecule has 5 rings (SSSR count). The van der Waals surface area contributed by atoms with Gasteiger partial charge in [-0.3, -0.25) is 9.48 Å². The summed E-state index contributed by atoms with van der Waals surface area (Å²) in [7, 11) is 0. The first-order chi connectivity index (χ1) is 18.5. The highest BCUT2D eigenvalue weighted by atomic mass is 35.5. The number of carbonyl (C=O) groups excluding carboxylic acids is 2. The molecule has 1 aliphatic rings. The standard InChI is InChI=1S/C27H28ClFN6O4/c1-16-21-7-8-33(26(37)39-27(2,3)4)9-10-34(21)32-24(16)17-11-23(25-19(28)13-31-35(25)14-17)38-15-22(36)20-6-5-18(29)12-30-20/h5-6,11-14H,7-10,15H2,1-4H3. The zero-order valence-electron chi connectivity index (χ0n) is 22.1. The Labute approximate surface area is 229 Å². The van der Waals surface area contributed by atoms with Crippen LogP contribution in [0.15, 0.2) is 36.8 Å². The number of amides is 1. The molecule has 0 bridgehead atoms. The molecule has 0 saturated heterocycles. The van der Waals surface area contributed by atoms with Gasteiger partial charge in [-0.2, -0.15) is 10.2 Å². The van der Waals surface area contributed by atoms with Gasteiger partial charge in [0.05, 0.1) is 29.7 Å². The fourth-order valence-corrected chi connectivity index (χ4v) is 4.71. The fraction of sp³-hybridized carbons (Fsp3) is 0.370. The molecule has 0 spiro atoms. The predicted molar refractivity (Wildman–Crippen MR) is 142 cm³/mol. The van der Waals surface area contributed by atoms with Crippen LogP contribution in [0.4, 0.5) is 9.18 Å². The molecule has 0 unspecified atom stereocenters. The molecular weight excluding hydrogens is 527 g/mol. The largest absolute Gasteiger partial charge is 0.483 e. The van der Waals surface area contributed by atoms with Crippen LogP contribution >= 0.6 is 11.6 Å². The van der Waals surface area contributed by atoms with E-state index < -0.39 is 17.2 Å². The summed E-state index contributed by atoms with van der Waals surface area (Å²) < 4.78 is 28.1. The van der Waals surface area contributed by atoms with Crippen molar-refractivity contribution in [2.75, 3.05) is 19.7 Å². The third-order valence-corrected chi connectivity index (χ3v) is 6.63. The van der Waals surface area contributed by atoms with Gasteiger partial charge in [0, 0.05) is 37.0 Å². The monoisotopic (exact) mass is 554 g/mol. The van der Waals surface area contributed by atoms with Crippen molar-refractivity contribution in [1.82, 2.24) is 29.3 Å². The maximum absolute atomic E-state index is 13.2. The first-order valence-corrected chi connectivity index (χ1v) is 12.9. The Morgan fingerprint density at radius 2 is 1.95 bits per heavy atom. The molecule has 12 heteroatoms. The van der Waals surface area contributed by atoms with Crippen molar-refractivity contribution in [3.63, 3.8) is 0 Å². The molecule has 0 radical (unpaired) electrons. The summed E-state index contributed by atoms with van der Waals surface area (Å²) >= 11 is 6.37. The van der Waals surface area contributed by atoms with Crippen molar-refractivity contribution in [3.8, 4) is 17.0 Å². The Kier molecular flexibility index (Phi) is 7.02. The van der Waals surface area contributed by atoms with Crippen LogP contribution in [0.2, 0.25) is 5.02 Å². The molecule has 0 fully saturated rings. The number of nitrogens with zero attached hydrogens (tertiary/aromatic N) is 6. The van der Waals surface area contributed by atoms with Crippen molar-refractivity contribution in [2.45, 2.75) is 46.3 Å². The number of pyridine rings is 2. The molecule has 10 nitrogen and oxygen atoms in total. The molecule has 0 aromatic carbocycles. The number of ether oxygens (including phenoxy) is 2. The Bertz CT molecular complexity index is 1560. The van der Waals surface area contributed by atoms with Gasteiger partial charge in [-0.1, -0.05) is 11.6 Å². The van der Waals surface area contributed by atoms with Crippen LogP contribution < -0.4 is 4.74 Å². The van der Waals surface area contributed by atoms with Gasteiger partial charge in [0.15, 0.2) is 6.61 Å². The second-order valence-corrected chi connectivity index (χ2v) is 10.7. The predicted octanol–water partition coefficient (Wildman–Crippen LogP) is 4.75. The van der Waals surface area contributed by atoms with E-state index in [-0.39, 0.29) is 18.4 Å². The van der Waals surface area contributed by atoms with Crippen LogP contribution in [0.5, 0.6) is 5.75 Å². The number of aromatic nitrogens is 5. The molecule has 0 atom stereocenters. The molecule has 0 saturated carbocycles. The topological polar surface area (TPSA) is 104 Å². The minimum atomic E-state index is -0.561. The Morgan fingerprint density at radius 1 is 1.15 bits per heavy atom. The highest BCUT2D eigenvalue weighted by Crippen LogP contribution is 2.34. The average Bonchev–Trinajstić information content (AvgIpc) is 3.31. The number of carbonyl (C=O) groups is 2. The first-order valence-electron chi connectivity index (χ1n) is 12.5. The maximum atomic E-state index is 13.2. The normalized spacial score (nSPS) is 13.7. The average molecular weight is 555 g/mol. The molecule has 4 aromatic heterocycles. The van der Waals surface area contributed by atoms with E-state index in [4.69, 9.17) is 26.2 Å². The number of hydrogen-bond acceptors (Lipinski definition) is 7. The van der Waals surface area contributed by atoms with Gasteiger partial charge in [-0.25, -0.2) is 18.7 Å². The van der Waals surface area contributed by atoms with Crippen LogP contribution in [-0.4, -0.2) is 66.5 Å². The van der Waals surface area contributed by atoms with Gasteiger partial charge in [-0.05, 0) is 51.5 Å². The first kappa shape index (κ1) is 26.6. The van der Waals surface area contributed by atoms with E-state index in [1.807, 2.05) is 32.4 Å². The molecular formula is C27H28ClFN6O4. The Morgan fingerprint density at radius 3 is 2.67 bits per heavy atom. The zero-order chi connectivity index (χ0) is 27.9. The van der Waals surface area contributed by atoms with Crippen LogP contribution in [0.3, 0.4) is 0 Å². The third kappa shape index (κ3) is 5.58. The number of fused-ring (bicyclic) bond motifs is 2. The smallest absolute Gasteiger partial charge is 0.410 e. The van der Waals surface area contributed by atoms with Gasteiger partial charge in [-0.15, -0.1) is 0 Å². The lowest BCUT2D eigenvalue weighted by atomic mass is 10.1. The van der Waals surface area contributed by atoms with E-state index >= 15 is 0 Å².